The topological polar surface area (TPSA) is 73.0 Å². The molecule has 0 atom stereocenters. The number of aromatic nitrogens is 3. The highest BCUT2D eigenvalue weighted by atomic mass is 32.2. The molecule has 4 rings (SSSR count). The van der Waals surface area contributed by atoms with E-state index in [9.17, 15) is 4.79 Å². The molecule has 6 nitrogen and oxygen atoms in total. The molecule has 0 saturated heterocycles. The van der Waals surface area contributed by atoms with Gasteiger partial charge in [0.1, 0.15) is 0 Å². The lowest BCUT2D eigenvalue weighted by atomic mass is 10.1. The summed E-state index contributed by atoms with van der Waals surface area (Å²) in [6.45, 7) is 3.15. The zero-order chi connectivity index (χ0) is 20.8. The van der Waals surface area contributed by atoms with Crippen molar-refractivity contribution >= 4 is 17.7 Å². The summed E-state index contributed by atoms with van der Waals surface area (Å²) in [5.74, 6) is 1.51. The molecule has 1 amide bonds. The van der Waals surface area contributed by atoms with Gasteiger partial charge in [-0.15, -0.1) is 10.2 Å². The van der Waals surface area contributed by atoms with Gasteiger partial charge in [0.2, 0.25) is 11.7 Å². The number of rotatable bonds is 8. The number of furan rings is 1. The van der Waals surface area contributed by atoms with Crippen molar-refractivity contribution in [1.82, 2.24) is 20.1 Å². The fourth-order valence-corrected chi connectivity index (χ4v) is 3.75. The molecule has 0 fully saturated rings. The lowest BCUT2D eigenvalue weighted by Gasteiger charge is -2.10. The van der Waals surface area contributed by atoms with Gasteiger partial charge < -0.3 is 9.73 Å². The Morgan fingerprint density at radius 1 is 1.00 bits per heavy atom. The molecule has 0 aliphatic heterocycles. The van der Waals surface area contributed by atoms with Crippen LogP contribution in [0.25, 0.3) is 11.6 Å². The molecule has 30 heavy (non-hydrogen) atoms. The lowest BCUT2D eigenvalue weighted by molar-refractivity contribution is -0.118. The van der Waals surface area contributed by atoms with Crippen LogP contribution < -0.4 is 5.32 Å². The molecule has 2 aromatic heterocycles. The Morgan fingerprint density at radius 2 is 1.80 bits per heavy atom. The van der Waals surface area contributed by atoms with Crippen LogP contribution in [-0.4, -0.2) is 26.4 Å². The van der Waals surface area contributed by atoms with Crippen LogP contribution in [0, 0.1) is 6.92 Å². The summed E-state index contributed by atoms with van der Waals surface area (Å²) in [7, 11) is 0. The largest absolute Gasteiger partial charge is 0.461 e. The van der Waals surface area contributed by atoms with E-state index in [1.165, 1.54) is 17.3 Å². The summed E-state index contributed by atoms with van der Waals surface area (Å²) in [5.41, 5.74) is 3.40. The first kappa shape index (κ1) is 20.0. The van der Waals surface area contributed by atoms with E-state index >= 15 is 0 Å². The fourth-order valence-electron chi connectivity index (χ4n) is 2.98. The molecule has 2 aromatic carbocycles. The van der Waals surface area contributed by atoms with Crippen LogP contribution >= 0.6 is 11.8 Å². The van der Waals surface area contributed by atoms with E-state index in [0.29, 0.717) is 29.8 Å². The number of nitrogens with zero attached hydrogens (tertiary/aromatic N) is 3. The molecular weight excluding hydrogens is 396 g/mol. The average molecular weight is 419 g/mol. The van der Waals surface area contributed by atoms with Crippen LogP contribution in [0.15, 0.2) is 82.6 Å². The minimum atomic E-state index is -0.0469. The Labute approximate surface area is 179 Å². The molecule has 152 valence electrons. The molecule has 0 bridgehead atoms. The van der Waals surface area contributed by atoms with Crippen LogP contribution in [-0.2, 0) is 17.9 Å². The van der Waals surface area contributed by atoms with Crippen LogP contribution in [0.4, 0.5) is 0 Å². The number of amides is 1. The van der Waals surface area contributed by atoms with E-state index < -0.39 is 0 Å². The van der Waals surface area contributed by atoms with Crippen molar-refractivity contribution < 1.29 is 9.21 Å². The Bertz CT molecular complexity index is 1090. The van der Waals surface area contributed by atoms with E-state index in [0.717, 1.165) is 11.1 Å². The van der Waals surface area contributed by atoms with E-state index in [4.69, 9.17) is 4.42 Å². The maximum absolute atomic E-state index is 12.4. The van der Waals surface area contributed by atoms with Crippen molar-refractivity contribution in [3.05, 3.63) is 89.7 Å². The first-order chi connectivity index (χ1) is 14.7. The number of aryl methyl sites for hydroxylation is 1. The number of thioether (sulfide) groups is 1. The molecular formula is C23H22N4O2S. The molecule has 0 unspecified atom stereocenters. The van der Waals surface area contributed by atoms with Crippen molar-refractivity contribution in [3.63, 3.8) is 0 Å². The standard InChI is InChI=1S/C23H22N4O2S/c1-17-9-11-18(12-10-17)14-24-21(28)16-30-23-26-25-22(20-8-5-13-29-20)27(23)15-19-6-3-2-4-7-19/h2-13H,14-16H2,1H3,(H,24,28). The molecule has 1 N–H and O–H groups in total. The van der Waals surface area contributed by atoms with Gasteiger partial charge in [-0.1, -0.05) is 71.9 Å². The summed E-state index contributed by atoms with van der Waals surface area (Å²) in [6.07, 6.45) is 1.61. The van der Waals surface area contributed by atoms with Gasteiger partial charge in [0.05, 0.1) is 18.6 Å². The Balaban J connectivity index is 1.44. The summed E-state index contributed by atoms with van der Waals surface area (Å²) < 4.78 is 7.50. The number of benzene rings is 2. The van der Waals surface area contributed by atoms with E-state index in [-0.39, 0.29) is 11.7 Å². The summed E-state index contributed by atoms with van der Waals surface area (Å²) >= 11 is 1.37. The quantitative estimate of drug-likeness (QED) is 0.432. The predicted molar refractivity (Wildman–Crippen MR) is 117 cm³/mol. The number of nitrogens with one attached hydrogen (secondary N) is 1. The zero-order valence-corrected chi connectivity index (χ0v) is 17.4. The van der Waals surface area contributed by atoms with Gasteiger partial charge in [0.15, 0.2) is 10.9 Å². The van der Waals surface area contributed by atoms with Crippen molar-refractivity contribution in [3.8, 4) is 11.6 Å². The minimum Gasteiger partial charge on any atom is -0.461 e. The maximum Gasteiger partial charge on any atom is 0.230 e. The summed E-state index contributed by atoms with van der Waals surface area (Å²) in [4.78, 5) is 12.4. The summed E-state index contributed by atoms with van der Waals surface area (Å²) in [5, 5.41) is 12.2. The van der Waals surface area contributed by atoms with Crippen LogP contribution in [0.5, 0.6) is 0 Å². The SMILES string of the molecule is Cc1ccc(CNC(=O)CSc2nnc(-c3ccco3)n2Cc2ccccc2)cc1. The van der Waals surface area contributed by atoms with Gasteiger partial charge in [0.25, 0.3) is 0 Å². The molecule has 0 aliphatic rings. The fraction of sp³-hybridized carbons (Fsp3) is 0.174. The second kappa shape index (κ2) is 9.45. The molecule has 0 radical (unpaired) electrons. The maximum atomic E-state index is 12.4. The second-order valence-electron chi connectivity index (χ2n) is 6.91. The van der Waals surface area contributed by atoms with Gasteiger partial charge in [0, 0.05) is 6.54 Å². The zero-order valence-electron chi connectivity index (χ0n) is 16.6. The van der Waals surface area contributed by atoms with Crippen LogP contribution in [0.1, 0.15) is 16.7 Å². The van der Waals surface area contributed by atoms with E-state index in [1.54, 1.807) is 6.26 Å². The number of hydrogen-bond donors (Lipinski definition) is 1. The lowest BCUT2D eigenvalue weighted by Crippen LogP contribution is -2.24. The smallest absolute Gasteiger partial charge is 0.230 e. The molecule has 2 heterocycles. The molecule has 7 heteroatoms. The number of carbonyl (C=O) groups is 1. The third-order valence-corrected chi connectivity index (χ3v) is 5.55. The molecule has 0 spiro atoms. The van der Waals surface area contributed by atoms with Crippen LogP contribution in [0.3, 0.4) is 0 Å². The van der Waals surface area contributed by atoms with Crippen LogP contribution in [0.2, 0.25) is 0 Å². The van der Waals surface area contributed by atoms with Gasteiger partial charge >= 0.3 is 0 Å². The first-order valence-electron chi connectivity index (χ1n) is 9.65. The monoisotopic (exact) mass is 418 g/mol. The normalized spacial score (nSPS) is 10.8. The van der Waals surface area contributed by atoms with E-state index in [2.05, 4.69) is 27.6 Å². The molecule has 0 saturated carbocycles. The van der Waals surface area contributed by atoms with Gasteiger partial charge in [-0.05, 0) is 30.2 Å². The highest BCUT2D eigenvalue weighted by Crippen LogP contribution is 2.25. The predicted octanol–water partition coefficient (Wildman–Crippen LogP) is 4.30. The number of carbonyl (C=O) groups excluding carboxylic acids is 1. The van der Waals surface area contributed by atoms with E-state index in [1.807, 2.05) is 66.1 Å². The second-order valence-corrected chi connectivity index (χ2v) is 7.85. The summed E-state index contributed by atoms with van der Waals surface area (Å²) in [6, 6.07) is 21.9. The highest BCUT2D eigenvalue weighted by molar-refractivity contribution is 7.99. The molecule has 0 aliphatic carbocycles. The van der Waals surface area contributed by atoms with Gasteiger partial charge in [-0.25, -0.2) is 0 Å². The third-order valence-electron chi connectivity index (χ3n) is 4.58. The number of hydrogen-bond acceptors (Lipinski definition) is 5. The van der Waals surface area contributed by atoms with Crippen molar-refractivity contribution in [1.29, 1.82) is 0 Å². The van der Waals surface area contributed by atoms with Crippen molar-refractivity contribution in [2.45, 2.75) is 25.2 Å². The minimum absolute atomic E-state index is 0.0469. The Morgan fingerprint density at radius 3 is 2.53 bits per heavy atom. The van der Waals surface area contributed by atoms with Gasteiger partial charge in [-0.3, -0.25) is 9.36 Å². The van der Waals surface area contributed by atoms with Crippen molar-refractivity contribution in [2.75, 3.05) is 5.75 Å². The highest BCUT2D eigenvalue weighted by Gasteiger charge is 2.17. The van der Waals surface area contributed by atoms with Gasteiger partial charge in [-0.2, -0.15) is 0 Å². The van der Waals surface area contributed by atoms with Crippen molar-refractivity contribution in [2.24, 2.45) is 0 Å². The first-order valence-corrected chi connectivity index (χ1v) is 10.6. The third kappa shape index (κ3) is 4.99. The average Bonchev–Trinajstić information content (AvgIpc) is 3.43. The molecule has 4 aromatic rings. The Kier molecular flexibility index (Phi) is 6.29. The Hall–Kier alpha value is -3.32.